The summed E-state index contributed by atoms with van der Waals surface area (Å²) in [7, 11) is 0. The number of unbranched alkanes of at least 4 members (excludes halogenated alkanes) is 1. The number of hydrogen-bond donors (Lipinski definition) is 2. The topological polar surface area (TPSA) is 38.0 Å². The Morgan fingerprint density at radius 3 is 3.00 bits per heavy atom. The molecule has 3 heteroatoms. The van der Waals surface area contributed by atoms with Crippen LogP contribution in [-0.2, 0) is 6.54 Å². The first-order chi connectivity index (χ1) is 5.93. The van der Waals surface area contributed by atoms with E-state index in [1.165, 1.54) is 11.3 Å². The first kappa shape index (κ1) is 9.71. The van der Waals surface area contributed by atoms with Crippen molar-refractivity contribution >= 4 is 11.3 Å². The molecular formula is C9H16N2S. The van der Waals surface area contributed by atoms with Gasteiger partial charge < -0.3 is 11.1 Å². The van der Waals surface area contributed by atoms with Crippen LogP contribution in [0.5, 0.6) is 0 Å². The summed E-state index contributed by atoms with van der Waals surface area (Å²) in [5, 5.41) is 5.49. The van der Waals surface area contributed by atoms with Gasteiger partial charge in [-0.1, -0.05) is 6.07 Å². The molecule has 0 saturated carbocycles. The molecule has 0 aliphatic rings. The van der Waals surface area contributed by atoms with Gasteiger partial charge in [-0.25, -0.2) is 0 Å². The zero-order chi connectivity index (χ0) is 8.65. The maximum Gasteiger partial charge on any atom is 0.0299 e. The normalized spacial score (nSPS) is 10.4. The van der Waals surface area contributed by atoms with E-state index in [-0.39, 0.29) is 0 Å². The van der Waals surface area contributed by atoms with Crippen LogP contribution in [0.2, 0.25) is 0 Å². The molecule has 0 aliphatic carbocycles. The highest BCUT2D eigenvalue weighted by molar-refractivity contribution is 7.09. The third-order valence-corrected chi connectivity index (χ3v) is 2.56. The lowest BCUT2D eigenvalue weighted by Crippen LogP contribution is -2.14. The molecule has 1 heterocycles. The van der Waals surface area contributed by atoms with Gasteiger partial charge in [0, 0.05) is 11.4 Å². The zero-order valence-corrected chi connectivity index (χ0v) is 8.07. The molecule has 12 heavy (non-hydrogen) atoms. The second kappa shape index (κ2) is 6.17. The summed E-state index contributed by atoms with van der Waals surface area (Å²) in [6.07, 6.45) is 2.30. The lowest BCUT2D eigenvalue weighted by atomic mass is 10.3. The Kier molecular flexibility index (Phi) is 4.99. The van der Waals surface area contributed by atoms with Gasteiger partial charge in [0.25, 0.3) is 0 Å². The van der Waals surface area contributed by atoms with Crippen LogP contribution in [0.15, 0.2) is 17.5 Å². The van der Waals surface area contributed by atoms with E-state index in [2.05, 4.69) is 22.8 Å². The van der Waals surface area contributed by atoms with E-state index in [9.17, 15) is 0 Å². The highest BCUT2D eigenvalue weighted by Gasteiger charge is 1.91. The van der Waals surface area contributed by atoms with Crippen molar-refractivity contribution in [2.24, 2.45) is 5.73 Å². The van der Waals surface area contributed by atoms with Gasteiger partial charge in [-0.05, 0) is 37.4 Å². The maximum atomic E-state index is 5.38. The van der Waals surface area contributed by atoms with Crippen molar-refractivity contribution in [1.82, 2.24) is 5.32 Å². The molecule has 1 rings (SSSR count). The SMILES string of the molecule is NCCCCNCc1cccs1. The fourth-order valence-corrected chi connectivity index (χ4v) is 1.69. The molecule has 2 nitrogen and oxygen atoms in total. The van der Waals surface area contributed by atoms with Crippen LogP contribution in [0.4, 0.5) is 0 Å². The molecule has 0 aliphatic heterocycles. The van der Waals surface area contributed by atoms with Crippen molar-refractivity contribution in [2.75, 3.05) is 13.1 Å². The minimum absolute atomic E-state index is 0.806. The standard InChI is InChI=1S/C9H16N2S/c10-5-1-2-6-11-8-9-4-3-7-12-9/h3-4,7,11H,1-2,5-6,8,10H2. The third-order valence-electron chi connectivity index (χ3n) is 1.69. The van der Waals surface area contributed by atoms with Gasteiger partial charge in [0.1, 0.15) is 0 Å². The highest BCUT2D eigenvalue weighted by atomic mass is 32.1. The van der Waals surface area contributed by atoms with E-state index in [0.717, 1.165) is 26.1 Å². The second-order valence-corrected chi connectivity index (χ2v) is 3.78. The van der Waals surface area contributed by atoms with Crippen LogP contribution in [0, 0.1) is 0 Å². The lowest BCUT2D eigenvalue weighted by molar-refractivity contribution is 0.631. The minimum Gasteiger partial charge on any atom is -0.330 e. The summed E-state index contributed by atoms with van der Waals surface area (Å²) in [5.74, 6) is 0. The Labute approximate surface area is 77.8 Å². The molecule has 0 unspecified atom stereocenters. The van der Waals surface area contributed by atoms with Gasteiger partial charge in [0.2, 0.25) is 0 Å². The molecule has 3 N–H and O–H groups in total. The molecule has 1 aromatic heterocycles. The van der Waals surface area contributed by atoms with E-state index in [1.807, 2.05) is 0 Å². The monoisotopic (exact) mass is 184 g/mol. The van der Waals surface area contributed by atoms with E-state index in [4.69, 9.17) is 5.73 Å². The van der Waals surface area contributed by atoms with Crippen LogP contribution < -0.4 is 11.1 Å². The van der Waals surface area contributed by atoms with Gasteiger partial charge in [-0.15, -0.1) is 11.3 Å². The molecule has 0 atom stereocenters. The lowest BCUT2D eigenvalue weighted by Gasteiger charge is -2.00. The van der Waals surface area contributed by atoms with Crippen LogP contribution >= 0.6 is 11.3 Å². The van der Waals surface area contributed by atoms with Crippen molar-refractivity contribution in [3.63, 3.8) is 0 Å². The molecule has 0 amide bonds. The molecule has 0 saturated heterocycles. The minimum atomic E-state index is 0.806. The highest BCUT2D eigenvalue weighted by Crippen LogP contribution is 2.07. The summed E-state index contributed by atoms with van der Waals surface area (Å²) >= 11 is 1.80. The van der Waals surface area contributed by atoms with Gasteiger partial charge >= 0.3 is 0 Å². The van der Waals surface area contributed by atoms with E-state index in [0.29, 0.717) is 0 Å². The average molecular weight is 184 g/mol. The molecule has 0 aromatic carbocycles. The molecule has 68 valence electrons. The van der Waals surface area contributed by atoms with Crippen molar-refractivity contribution in [3.8, 4) is 0 Å². The average Bonchev–Trinajstić information content (AvgIpc) is 2.57. The Bertz CT molecular complexity index is 184. The fraction of sp³-hybridized carbons (Fsp3) is 0.556. The smallest absolute Gasteiger partial charge is 0.0299 e. The number of nitrogens with two attached hydrogens (primary N) is 1. The third kappa shape index (κ3) is 3.85. The largest absolute Gasteiger partial charge is 0.330 e. The van der Waals surface area contributed by atoms with Crippen molar-refractivity contribution in [3.05, 3.63) is 22.4 Å². The number of nitrogens with one attached hydrogen (secondary N) is 1. The molecular weight excluding hydrogens is 168 g/mol. The first-order valence-corrected chi connectivity index (χ1v) is 5.24. The molecule has 0 spiro atoms. The van der Waals surface area contributed by atoms with Gasteiger partial charge in [-0.2, -0.15) is 0 Å². The Balaban J connectivity index is 1.96. The number of rotatable bonds is 6. The van der Waals surface area contributed by atoms with E-state index >= 15 is 0 Å². The van der Waals surface area contributed by atoms with Crippen LogP contribution in [0.3, 0.4) is 0 Å². The zero-order valence-electron chi connectivity index (χ0n) is 7.25. The maximum absolute atomic E-state index is 5.38. The van der Waals surface area contributed by atoms with Crippen LogP contribution in [0.25, 0.3) is 0 Å². The summed E-state index contributed by atoms with van der Waals surface area (Å²) in [5.41, 5.74) is 5.38. The fourth-order valence-electron chi connectivity index (χ4n) is 1.02. The second-order valence-electron chi connectivity index (χ2n) is 2.75. The Morgan fingerprint density at radius 2 is 2.33 bits per heavy atom. The van der Waals surface area contributed by atoms with Gasteiger partial charge in [0.05, 0.1) is 0 Å². The van der Waals surface area contributed by atoms with Gasteiger partial charge in [0.15, 0.2) is 0 Å². The molecule has 0 bridgehead atoms. The number of hydrogen-bond acceptors (Lipinski definition) is 3. The Morgan fingerprint density at radius 1 is 1.42 bits per heavy atom. The van der Waals surface area contributed by atoms with Crippen molar-refractivity contribution in [2.45, 2.75) is 19.4 Å². The first-order valence-electron chi connectivity index (χ1n) is 4.36. The Hall–Kier alpha value is -0.380. The van der Waals surface area contributed by atoms with Crippen LogP contribution in [-0.4, -0.2) is 13.1 Å². The van der Waals surface area contributed by atoms with E-state index < -0.39 is 0 Å². The summed E-state index contributed by atoms with van der Waals surface area (Å²) < 4.78 is 0. The molecule has 1 aromatic rings. The quantitative estimate of drug-likeness (QED) is 0.659. The van der Waals surface area contributed by atoms with Crippen molar-refractivity contribution in [1.29, 1.82) is 0 Å². The molecule has 0 radical (unpaired) electrons. The van der Waals surface area contributed by atoms with Crippen molar-refractivity contribution < 1.29 is 0 Å². The molecule has 0 fully saturated rings. The predicted octanol–water partition coefficient (Wildman–Crippen LogP) is 1.58. The number of thiophene rings is 1. The summed E-state index contributed by atoms with van der Waals surface area (Å²) in [6, 6.07) is 4.24. The van der Waals surface area contributed by atoms with Gasteiger partial charge in [-0.3, -0.25) is 0 Å². The van der Waals surface area contributed by atoms with Crippen LogP contribution in [0.1, 0.15) is 17.7 Å². The van der Waals surface area contributed by atoms with E-state index in [1.54, 1.807) is 11.3 Å². The predicted molar refractivity (Wildman–Crippen MR) is 54.3 cm³/mol. The summed E-state index contributed by atoms with van der Waals surface area (Å²) in [4.78, 5) is 1.41. The summed E-state index contributed by atoms with van der Waals surface area (Å²) in [6.45, 7) is 2.89.